The van der Waals surface area contributed by atoms with Crippen molar-refractivity contribution in [2.75, 3.05) is 12.9 Å². The van der Waals surface area contributed by atoms with Crippen molar-refractivity contribution in [1.29, 1.82) is 0 Å². The molecule has 0 radical (unpaired) electrons. The third-order valence-corrected chi connectivity index (χ3v) is 3.85. The van der Waals surface area contributed by atoms with Crippen LogP contribution in [0, 0.1) is 5.92 Å². The van der Waals surface area contributed by atoms with Gasteiger partial charge in [-0.15, -0.1) is 11.8 Å². The van der Waals surface area contributed by atoms with Gasteiger partial charge in [0.05, 0.1) is 6.61 Å². The minimum Gasteiger partial charge on any atom is -0.477 e. The number of ether oxygens (including phenoxy) is 1. The highest BCUT2D eigenvalue weighted by atomic mass is 32.2. The Morgan fingerprint density at radius 3 is 2.75 bits per heavy atom. The van der Waals surface area contributed by atoms with Gasteiger partial charge in [-0.1, -0.05) is 19.3 Å². The van der Waals surface area contributed by atoms with Gasteiger partial charge in [0.25, 0.3) is 0 Å². The van der Waals surface area contributed by atoms with E-state index in [0.717, 1.165) is 18.4 Å². The summed E-state index contributed by atoms with van der Waals surface area (Å²) >= 11 is 1.71. The molecule has 2 rings (SSSR count). The van der Waals surface area contributed by atoms with Gasteiger partial charge < -0.3 is 4.74 Å². The number of hydrogen-bond donors (Lipinski definition) is 0. The van der Waals surface area contributed by atoms with E-state index >= 15 is 0 Å². The Morgan fingerprint density at radius 2 is 2.12 bits per heavy atom. The highest BCUT2D eigenvalue weighted by molar-refractivity contribution is 7.98. The van der Waals surface area contributed by atoms with Gasteiger partial charge in [0, 0.05) is 17.2 Å². The van der Waals surface area contributed by atoms with Crippen molar-refractivity contribution in [1.82, 2.24) is 4.98 Å². The summed E-state index contributed by atoms with van der Waals surface area (Å²) < 4.78 is 5.72. The molecule has 0 N–H and O–H groups in total. The average molecular weight is 237 g/mol. The van der Waals surface area contributed by atoms with E-state index in [0.29, 0.717) is 0 Å². The molecule has 0 saturated heterocycles. The van der Waals surface area contributed by atoms with Gasteiger partial charge in [-0.3, -0.25) is 0 Å². The van der Waals surface area contributed by atoms with Gasteiger partial charge in [0.15, 0.2) is 0 Å². The molecule has 0 atom stereocenters. The third kappa shape index (κ3) is 3.41. The van der Waals surface area contributed by atoms with E-state index in [1.165, 1.54) is 37.0 Å². The quantitative estimate of drug-likeness (QED) is 0.744. The van der Waals surface area contributed by atoms with Crippen molar-refractivity contribution in [3.8, 4) is 5.88 Å². The molecule has 88 valence electrons. The van der Waals surface area contributed by atoms with Crippen LogP contribution in [0.4, 0.5) is 0 Å². The van der Waals surface area contributed by atoms with Crippen molar-refractivity contribution in [2.24, 2.45) is 5.92 Å². The normalized spacial score (nSPS) is 17.3. The summed E-state index contributed by atoms with van der Waals surface area (Å²) in [5.41, 5.74) is 0. The fourth-order valence-electron chi connectivity index (χ4n) is 2.13. The van der Waals surface area contributed by atoms with Crippen molar-refractivity contribution in [2.45, 2.75) is 37.0 Å². The molecule has 1 aliphatic rings. The SMILES string of the molecule is CSc1ccc(OCC2CCCCC2)nc1. The molecular formula is C13H19NOS. The smallest absolute Gasteiger partial charge is 0.213 e. The van der Waals surface area contributed by atoms with Crippen LogP contribution in [0.2, 0.25) is 0 Å². The highest BCUT2D eigenvalue weighted by Crippen LogP contribution is 2.24. The third-order valence-electron chi connectivity index (χ3n) is 3.14. The van der Waals surface area contributed by atoms with Gasteiger partial charge >= 0.3 is 0 Å². The number of rotatable bonds is 4. The lowest BCUT2D eigenvalue weighted by atomic mass is 9.90. The van der Waals surface area contributed by atoms with Gasteiger partial charge in [0.1, 0.15) is 0 Å². The van der Waals surface area contributed by atoms with E-state index in [-0.39, 0.29) is 0 Å². The highest BCUT2D eigenvalue weighted by Gasteiger charge is 2.13. The van der Waals surface area contributed by atoms with Crippen molar-refractivity contribution < 1.29 is 4.74 Å². The van der Waals surface area contributed by atoms with Crippen LogP contribution >= 0.6 is 11.8 Å². The Kier molecular flexibility index (Phi) is 4.52. The summed E-state index contributed by atoms with van der Waals surface area (Å²) in [7, 11) is 0. The fourth-order valence-corrected chi connectivity index (χ4v) is 2.49. The number of aromatic nitrogens is 1. The van der Waals surface area contributed by atoms with E-state index in [9.17, 15) is 0 Å². The zero-order chi connectivity index (χ0) is 11.2. The van der Waals surface area contributed by atoms with Gasteiger partial charge in [-0.25, -0.2) is 4.98 Å². The van der Waals surface area contributed by atoms with Crippen LogP contribution < -0.4 is 4.74 Å². The van der Waals surface area contributed by atoms with Gasteiger partial charge in [-0.2, -0.15) is 0 Å². The topological polar surface area (TPSA) is 22.1 Å². The molecular weight excluding hydrogens is 218 g/mol. The molecule has 0 aromatic carbocycles. The Morgan fingerprint density at radius 1 is 1.31 bits per heavy atom. The van der Waals surface area contributed by atoms with Crippen LogP contribution in [0.3, 0.4) is 0 Å². The summed E-state index contributed by atoms with van der Waals surface area (Å²) in [4.78, 5) is 5.48. The Balaban J connectivity index is 1.79. The Bertz CT molecular complexity index is 306. The lowest BCUT2D eigenvalue weighted by Crippen LogP contribution is -2.15. The fraction of sp³-hybridized carbons (Fsp3) is 0.615. The number of nitrogens with zero attached hydrogens (tertiary/aromatic N) is 1. The van der Waals surface area contributed by atoms with Crippen LogP contribution in [0.15, 0.2) is 23.2 Å². The average Bonchev–Trinajstić information content (AvgIpc) is 2.38. The van der Waals surface area contributed by atoms with Crippen LogP contribution in [0.1, 0.15) is 32.1 Å². The molecule has 16 heavy (non-hydrogen) atoms. The van der Waals surface area contributed by atoms with Crippen molar-refractivity contribution in [3.63, 3.8) is 0 Å². The first-order valence-corrected chi connectivity index (χ1v) is 7.24. The molecule has 0 aliphatic heterocycles. The summed E-state index contributed by atoms with van der Waals surface area (Å²) in [6, 6.07) is 4.03. The first kappa shape index (κ1) is 11.8. The summed E-state index contributed by atoms with van der Waals surface area (Å²) in [5.74, 6) is 1.51. The van der Waals surface area contributed by atoms with E-state index < -0.39 is 0 Å². The first-order chi connectivity index (χ1) is 7.88. The maximum absolute atomic E-state index is 5.72. The largest absolute Gasteiger partial charge is 0.477 e. The summed E-state index contributed by atoms with van der Waals surface area (Å²) in [5, 5.41) is 0. The zero-order valence-corrected chi connectivity index (χ0v) is 10.6. The lowest BCUT2D eigenvalue weighted by molar-refractivity contribution is 0.202. The molecule has 3 heteroatoms. The lowest BCUT2D eigenvalue weighted by Gasteiger charge is -2.21. The van der Waals surface area contributed by atoms with Crippen molar-refractivity contribution in [3.05, 3.63) is 18.3 Å². The second-order valence-electron chi connectivity index (χ2n) is 4.35. The second kappa shape index (κ2) is 6.14. The molecule has 0 amide bonds. The molecule has 1 aromatic rings. The standard InChI is InChI=1S/C13H19NOS/c1-16-12-7-8-13(14-9-12)15-10-11-5-3-2-4-6-11/h7-9,11H,2-6,10H2,1H3. The van der Waals surface area contributed by atoms with E-state index in [2.05, 4.69) is 17.3 Å². The Hall–Kier alpha value is -0.700. The monoisotopic (exact) mass is 237 g/mol. The summed E-state index contributed by atoms with van der Waals surface area (Å²) in [6.07, 6.45) is 10.7. The molecule has 1 saturated carbocycles. The molecule has 1 heterocycles. The number of pyridine rings is 1. The first-order valence-electron chi connectivity index (χ1n) is 6.01. The maximum atomic E-state index is 5.72. The second-order valence-corrected chi connectivity index (χ2v) is 5.23. The van der Waals surface area contributed by atoms with Gasteiger partial charge in [-0.05, 0) is 31.1 Å². The zero-order valence-electron chi connectivity index (χ0n) is 9.82. The van der Waals surface area contributed by atoms with Crippen molar-refractivity contribution >= 4 is 11.8 Å². The van der Waals surface area contributed by atoms with Crippen LogP contribution in [-0.4, -0.2) is 17.8 Å². The molecule has 0 unspecified atom stereocenters. The molecule has 1 fully saturated rings. The minimum absolute atomic E-state index is 0.746. The summed E-state index contributed by atoms with van der Waals surface area (Å²) in [6.45, 7) is 0.839. The molecule has 2 nitrogen and oxygen atoms in total. The number of thioether (sulfide) groups is 1. The van der Waals surface area contributed by atoms with E-state index in [1.807, 2.05) is 12.3 Å². The molecule has 1 aromatic heterocycles. The van der Waals surface area contributed by atoms with Crippen LogP contribution in [0.5, 0.6) is 5.88 Å². The predicted molar refractivity (Wildman–Crippen MR) is 68.1 cm³/mol. The molecule has 0 spiro atoms. The molecule has 0 bridgehead atoms. The maximum Gasteiger partial charge on any atom is 0.213 e. The van der Waals surface area contributed by atoms with E-state index in [1.54, 1.807) is 11.8 Å². The van der Waals surface area contributed by atoms with Crippen LogP contribution in [-0.2, 0) is 0 Å². The predicted octanol–water partition coefficient (Wildman–Crippen LogP) is 3.76. The van der Waals surface area contributed by atoms with Gasteiger partial charge in [0.2, 0.25) is 5.88 Å². The minimum atomic E-state index is 0.746. The number of hydrogen-bond acceptors (Lipinski definition) is 3. The molecule has 1 aliphatic carbocycles. The van der Waals surface area contributed by atoms with Crippen LogP contribution in [0.25, 0.3) is 0 Å². The van der Waals surface area contributed by atoms with E-state index in [4.69, 9.17) is 4.74 Å². The Labute approximate surface area is 102 Å².